The Kier molecular flexibility index (Phi) is 4.60. The van der Waals surface area contributed by atoms with Crippen LogP contribution in [-0.2, 0) is 7.05 Å². The predicted molar refractivity (Wildman–Crippen MR) is 94.7 cm³/mol. The molecule has 1 saturated carbocycles. The highest BCUT2D eigenvalue weighted by Gasteiger charge is 2.30. The van der Waals surface area contributed by atoms with E-state index in [-0.39, 0.29) is 0 Å². The lowest BCUT2D eigenvalue weighted by atomic mass is 9.88. The zero-order valence-corrected chi connectivity index (χ0v) is 14.6. The van der Waals surface area contributed by atoms with Crippen molar-refractivity contribution in [3.8, 4) is 11.4 Å². The largest absolute Gasteiger partial charge is 0.332 e. The van der Waals surface area contributed by atoms with Gasteiger partial charge in [0, 0.05) is 37.9 Å². The van der Waals surface area contributed by atoms with Crippen molar-refractivity contribution in [3.63, 3.8) is 0 Å². The molecule has 4 rings (SSSR count). The lowest BCUT2D eigenvalue weighted by Gasteiger charge is -2.40. The summed E-state index contributed by atoms with van der Waals surface area (Å²) in [7, 11) is 2.02. The number of piperidine rings is 1. The van der Waals surface area contributed by atoms with E-state index in [1.165, 1.54) is 51.5 Å². The fourth-order valence-electron chi connectivity index (χ4n) is 4.44. The van der Waals surface area contributed by atoms with Gasteiger partial charge in [0.1, 0.15) is 5.69 Å². The first-order chi connectivity index (χ1) is 11.8. The van der Waals surface area contributed by atoms with E-state index in [4.69, 9.17) is 4.98 Å². The summed E-state index contributed by atoms with van der Waals surface area (Å²) in [6.45, 7) is 2.39. The maximum atomic E-state index is 4.75. The Morgan fingerprint density at radius 3 is 2.62 bits per heavy atom. The minimum absolute atomic E-state index is 0.485. The Morgan fingerprint density at radius 1 is 1.00 bits per heavy atom. The van der Waals surface area contributed by atoms with Gasteiger partial charge in [-0.05, 0) is 32.2 Å². The van der Waals surface area contributed by atoms with Crippen molar-refractivity contribution in [1.82, 2.24) is 24.4 Å². The van der Waals surface area contributed by atoms with E-state index in [0.29, 0.717) is 5.92 Å². The average Bonchev–Trinajstić information content (AvgIpc) is 3.08. The van der Waals surface area contributed by atoms with Gasteiger partial charge < -0.3 is 4.57 Å². The molecule has 2 aromatic rings. The Morgan fingerprint density at radius 2 is 1.83 bits per heavy atom. The smallest absolute Gasteiger partial charge is 0.110 e. The highest BCUT2D eigenvalue weighted by Crippen LogP contribution is 2.34. The van der Waals surface area contributed by atoms with Gasteiger partial charge in [0.25, 0.3) is 0 Å². The average molecular weight is 325 g/mol. The molecule has 2 aliphatic rings. The van der Waals surface area contributed by atoms with Gasteiger partial charge in [-0.3, -0.25) is 14.9 Å². The summed E-state index contributed by atoms with van der Waals surface area (Å²) in [4.78, 5) is 16.4. The molecule has 1 aliphatic carbocycles. The first kappa shape index (κ1) is 15.8. The molecule has 2 fully saturated rings. The zero-order chi connectivity index (χ0) is 16.4. The minimum atomic E-state index is 0.485. The first-order valence-electron chi connectivity index (χ1n) is 9.34. The standard InChI is InChI=1S/C19H27N5/c1-23-14-20-12-17(23)19-18(21-9-10-22-19)15-6-5-11-24(13-15)16-7-3-2-4-8-16/h9-10,12,14-16H,2-8,11,13H2,1H3/t15-/m0/s1. The number of hydrogen-bond acceptors (Lipinski definition) is 4. The van der Waals surface area contributed by atoms with Gasteiger partial charge in [0.2, 0.25) is 0 Å². The Hall–Kier alpha value is -1.75. The summed E-state index contributed by atoms with van der Waals surface area (Å²) in [5.74, 6) is 0.485. The molecular weight excluding hydrogens is 298 g/mol. The highest BCUT2D eigenvalue weighted by molar-refractivity contribution is 5.57. The van der Waals surface area contributed by atoms with Gasteiger partial charge in [-0.25, -0.2) is 4.98 Å². The number of likely N-dealkylation sites (tertiary alicyclic amines) is 1. The van der Waals surface area contributed by atoms with Crippen molar-refractivity contribution >= 4 is 0 Å². The quantitative estimate of drug-likeness (QED) is 0.868. The van der Waals surface area contributed by atoms with Crippen LogP contribution in [0.15, 0.2) is 24.9 Å². The third-order valence-corrected chi connectivity index (χ3v) is 5.72. The van der Waals surface area contributed by atoms with Gasteiger partial charge in [0.05, 0.1) is 23.9 Å². The van der Waals surface area contributed by atoms with Crippen molar-refractivity contribution in [2.45, 2.75) is 56.9 Å². The SMILES string of the molecule is Cn1cncc1-c1nccnc1[C@H]1CCCN(C2CCCCC2)C1. The second-order valence-electron chi connectivity index (χ2n) is 7.31. The molecule has 5 heteroatoms. The lowest BCUT2D eigenvalue weighted by molar-refractivity contribution is 0.118. The zero-order valence-electron chi connectivity index (χ0n) is 14.6. The van der Waals surface area contributed by atoms with Gasteiger partial charge in [-0.2, -0.15) is 0 Å². The van der Waals surface area contributed by atoms with Gasteiger partial charge in [-0.1, -0.05) is 19.3 Å². The van der Waals surface area contributed by atoms with E-state index in [1.54, 1.807) is 6.20 Å². The Balaban J connectivity index is 1.58. The van der Waals surface area contributed by atoms with Gasteiger partial charge >= 0.3 is 0 Å². The van der Waals surface area contributed by atoms with E-state index in [9.17, 15) is 0 Å². The van der Waals surface area contributed by atoms with E-state index in [2.05, 4.69) is 14.9 Å². The maximum Gasteiger partial charge on any atom is 0.110 e. The number of aryl methyl sites for hydroxylation is 1. The van der Waals surface area contributed by atoms with Crippen LogP contribution in [0.5, 0.6) is 0 Å². The van der Waals surface area contributed by atoms with E-state index >= 15 is 0 Å². The van der Waals surface area contributed by atoms with Crippen molar-refractivity contribution in [1.29, 1.82) is 0 Å². The van der Waals surface area contributed by atoms with Crippen LogP contribution in [0.1, 0.15) is 56.6 Å². The summed E-state index contributed by atoms with van der Waals surface area (Å²) in [5, 5.41) is 0. The van der Waals surface area contributed by atoms with E-state index in [1.807, 2.05) is 30.3 Å². The molecule has 0 bridgehead atoms. The summed E-state index contributed by atoms with van der Waals surface area (Å²) in [5.41, 5.74) is 3.22. The third kappa shape index (κ3) is 3.09. The molecule has 0 aromatic carbocycles. The number of aromatic nitrogens is 4. The normalized spacial score (nSPS) is 23.5. The fourth-order valence-corrected chi connectivity index (χ4v) is 4.44. The molecule has 0 radical (unpaired) electrons. The van der Waals surface area contributed by atoms with Crippen LogP contribution in [0.4, 0.5) is 0 Å². The molecule has 24 heavy (non-hydrogen) atoms. The second-order valence-corrected chi connectivity index (χ2v) is 7.31. The van der Waals surface area contributed by atoms with Crippen LogP contribution in [-0.4, -0.2) is 43.6 Å². The third-order valence-electron chi connectivity index (χ3n) is 5.72. The molecule has 0 amide bonds. The van der Waals surface area contributed by atoms with Crippen molar-refractivity contribution in [2.24, 2.45) is 7.05 Å². The lowest BCUT2D eigenvalue weighted by Crippen LogP contribution is -2.43. The molecule has 128 valence electrons. The maximum absolute atomic E-state index is 4.75. The van der Waals surface area contributed by atoms with E-state index < -0.39 is 0 Å². The summed E-state index contributed by atoms with van der Waals surface area (Å²) >= 11 is 0. The number of nitrogens with zero attached hydrogens (tertiary/aromatic N) is 5. The van der Waals surface area contributed by atoms with Crippen LogP contribution in [0.2, 0.25) is 0 Å². The van der Waals surface area contributed by atoms with Gasteiger partial charge in [-0.15, -0.1) is 0 Å². The minimum Gasteiger partial charge on any atom is -0.332 e. The first-order valence-corrected chi connectivity index (χ1v) is 9.34. The number of imidazole rings is 1. The monoisotopic (exact) mass is 325 g/mol. The molecule has 5 nitrogen and oxygen atoms in total. The molecule has 2 aromatic heterocycles. The predicted octanol–water partition coefficient (Wildman–Crippen LogP) is 3.39. The number of rotatable bonds is 3. The molecule has 0 unspecified atom stereocenters. The van der Waals surface area contributed by atoms with Crippen molar-refractivity contribution < 1.29 is 0 Å². The van der Waals surface area contributed by atoms with Crippen LogP contribution in [0, 0.1) is 0 Å². The molecular formula is C19H27N5. The Labute approximate surface area is 144 Å². The van der Waals surface area contributed by atoms with Crippen molar-refractivity contribution in [3.05, 3.63) is 30.6 Å². The van der Waals surface area contributed by atoms with E-state index in [0.717, 1.165) is 29.7 Å². The van der Waals surface area contributed by atoms with Crippen LogP contribution in [0.25, 0.3) is 11.4 Å². The van der Waals surface area contributed by atoms with Crippen molar-refractivity contribution in [2.75, 3.05) is 13.1 Å². The van der Waals surface area contributed by atoms with Crippen LogP contribution >= 0.6 is 0 Å². The second kappa shape index (κ2) is 7.01. The molecule has 0 N–H and O–H groups in total. The topological polar surface area (TPSA) is 46.8 Å². The Bertz CT molecular complexity index is 674. The molecule has 1 aliphatic heterocycles. The summed E-state index contributed by atoms with van der Waals surface area (Å²) in [6.07, 6.45) is 16.8. The fraction of sp³-hybridized carbons (Fsp3) is 0.632. The van der Waals surface area contributed by atoms with Crippen LogP contribution in [0.3, 0.4) is 0 Å². The molecule has 0 spiro atoms. The summed E-state index contributed by atoms with van der Waals surface area (Å²) in [6, 6.07) is 0.790. The van der Waals surface area contributed by atoms with Gasteiger partial charge in [0.15, 0.2) is 0 Å². The van der Waals surface area contributed by atoms with Crippen LogP contribution < -0.4 is 0 Å². The number of hydrogen-bond donors (Lipinski definition) is 0. The molecule has 1 saturated heterocycles. The molecule has 3 heterocycles. The summed E-state index contributed by atoms with van der Waals surface area (Å²) < 4.78 is 2.04. The highest BCUT2D eigenvalue weighted by atomic mass is 15.2. The molecule has 1 atom stereocenters.